The van der Waals surface area contributed by atoms with E-state index in [4.69, 9.17) is 9.57 Å². The molecule has 5 rings (SSSR count). The van der Waals surface area contributed by atoms with Crippen LogP contribution in [0.5, 0.6) is 0 Å². The van der Waals surface area contributed by atoms with E-state index in [0.29, 0.717) is 11.3 Å². The predicted molar refractivity (Wildman–Crippen MR) is 124 cm³/mol. The van der Waals surface area contributed by atoms with Crippen LogP contribution in [0, 0.1) is 19.8 Å². The molecule has 2 aliphatic carbocycles. The Morgan fingerprint density at radius 2 is 1.68 bits per heavy atom. The Kier molecular flexibility index (Phi) is 5.42. The number of amides is 1. The van der Waals surface area contributed by atoms with E-state index in [2.05, 4.69) is 0 Å². The zero-order valence-electron chi connectivity index (χ0n) is 18.4. The van der Waals surface area contributed by atoms with E-state index in [1.807, 2.05) is 55.6 Å². The predicted octanol–water partition coefficient (Wildman–Crippen LogP) is 4.86. The van der Waals surface area contributed by atoms with Gasteiger partial charge in [-0.15, -0.1) is 23.5 Å². The van der Waals surface area contributed by atoms with Crippen LogP contribution >= 0.6 is 23.5 Å². The molecule has 31 heavy (non-hydrogen) atoms. The minimum Gasteiger partial charge on any atom is -0.427 e. The minimum atomic E-state index is -0.713. The van der Waals surface area contributed by atoms with Crippen molar-refractivity contribution in [1.82, 2.24) is 5.06 Å². The van der Waals surface area contributed by atoms with Crippen LogP contribution in [0.2, 0.25) is 0 Å². The standard InChI is InChI=1S/C24H29NO4S2/c1-15-5-4-6-16(2)18(15)19-20(29-22(27)17-7-8-17)23(25(28-3)21(19)26)9-11-24(12-10-23)30-13-14-31-24/h4-6,17H,7-14H2,1-3H3. The Morgan fingerprint density at radius 3 is 2.23 bits per heavy atom. The normalized spacial score (nSPS) is 24.5. The molecule has 0 aromatic heterocycles. The first-order valence-electron chi connectivity index (χ1n) is 11.1. The van der Waals surface area contributed by atoms with Crippen molar-refractivity contribution in [2.24, 2.45) is 5.92 Å². The number of thioether (sulfide) groups is 2. The number of aryl methyl sites for hydroxylation is 2. The van der Waals surface area contributed by atoms with E-state index in [-0.39, 0.29) is 21.9 Å². The van der Waals surface area contributed by atoms with Crippen molar-refractivity contribution in [3.63, 3.8) is 0 Å². The molecule has 1 saturated heterocycles. The minimum absolute atomic E-state index is 0.0358. The molecule has 5 nitrogen and oxygen atoms in total. The average Bonchev–Trinajstić information content (AvgIpc) is 3.47. The third-order valence-electron chi connectivity index (χ3n) is 7.12. The smallest absolute Gasteiger partial charge is 0.314 e. The van der Waals surface area contributed by atoms with Gasteiger partial charge in [-0.3, -0.25) is 14.4 Å². The van der Waals surface area contributed by atoms with E-state index in [9.17, 15) is 9.59 Å². The van der Waals surface area contributed by atoms with Gasteiger partial charge in [-0.25, -0.2) is 5.06 Å². The summed E-state index contributed by atoms with van der Waals surface area (Å²) in [5.41, 5.74) is 2.68. The second-order valence-electron chi connectivity index (χ2n) is 9.09. The van der Waals surface area contributed by atoms with E-state index in [1.54, 1.807) is 7.11 Å². The Morgan fingerprint density at radius 1 is 1.06 bits per heavy atom. The van der Waals surface area contributed by atoms with Crippen molar-refractivity contribution < 1.29 is 19.2 Å². The van der Waals surface area contributed by atoms with Gasteiger partial charge in [-0.2, -0.15) is 0 Å². The number of hydroxylamine groups is 2. The van der Waals surface area contributed by atoms with Gasteiger partial charge in [-0.05, 0) is 69.1 Å². The molecule has 1 aromatic carbocycles. The number of hydrogen-bond donors (Lipinski definition) is 0. The molecular weight excluding hydrogens is 430 g/mol. The molecule has 4 aliphatic rings. The fourth-order valence-electron chi connectivity index (χ4n) is 5.31. The van der Waals surface area contributed by atoms with Crippen LogP contribution in [0.15, 0.2) is 24.0 Å². The number of carbonyl (C=O) groups excluding carboxylic acids is 2. The maximum atomic E-state index is 13.7. The quantitative estimate of drug-likeness (QED) is 0.600. The highest BCUT2D eigenvalue weighted by Crippen LogP contribution is 2.59. The second-order valence-corrected chi connectivity index (χ2v) is 12.3. The van der Waals surface area contributed by atoms with Crippen molar-refractivity contribution in [3.05, 3.63) is 40.6 Å². The van der Waals surface area contributed by atoms with Crippen LogP contribution in [0.25, 0.3) is 5.57 Å². The molecule has 2 saturated carbocycles. The number of rotatable bonds is 4. The molecule has 0 atom stereocenters. The first-order valence-corrected chi connectivity index (χ1v) is 13.1. The van der Waals surface area contributed by atoms with Crippen LogP contribution in [0.4, 0.5) is 0 Å². The summed E-state index contributed by atoms with van der Waals surface area (Å²) in [6.07, 6.45) is 5.18. The fraction of sp³-hybridized carbons (Fsp3) is 0.583. The molecule has 1 amide bonds. The summed E-state index contributed by atoms with van der Waals surface area (Å²) in [6, 6.07) is 6.01. The van der Waals surface area contributed by atoms with Gasteiger partial charge in [0.05, 0.1) is 22.7 Å². The molecular formula is C24H29NO4S2. The molecule has 2 aliphatic heterocycles. The molecule has 3 fully saturated rings. The van der Waals surface area contributed by atoms with Gasteiger partial charge in [0, 0.05) is 11.5 Å². The van der Waals surface area contributed by atoms with Crippen molar-refractivity contribution in [1.29, 1.82) is 0 Å². The molecule has 2 heterocycles. The largest absolute Gasteiger partial charge is 0.427 e. The third kappa shape index (κ3) is 3.44. The summed E-state index contributed by atoms with van der Waals surface area (Å²) in [5.74, 6) is 2.45. The third-order valence-corrected chi connectivity index (χ3v) is 10.8. The van der Waals surface area contributed by atoms with Crippen molar-refractivity contribution >= 4 is 41.0 Å². The zero-order chi connectivity index (χ0) is 21.8. The van der Waals surface area contributed by atoms with Gasteiger partial charge in [0.25, 0.3) is 5.91 Å². The number of esters is 1. The maximum Gasteiger partial charge on any atom is 0.314 e. The molecule has 0 radical (unpaired) electrons. The zero-order valence-corrected chi connectivity index (χ0v) is 20.0. The number of ether oxygens (including phenoxy) is 1. The van der Waals surface area contributed by atoms with Crippen LogP contribution in [0.3, 0.4) is 0 Å². The summed E-state index contributed by atoms with van der Waals surface area (Å²) < 4.78 is 6.37. The van der Waals surface area contributed by atoms with Gasteiger partial charge in [0.2, 0.25) is 0 Å². The SMILES string of the molecule is CON1C(=O)C(c2c(C)cccc2C)=C(OC(=O)C2CC2)C12CCC1(CC2)SCCS1. The summed E-state index contributed by atoms with van der Waals surface area (Å²) >= 11 is 4.09. The lowest BCUT2D eigenvalue weighted by Gasteiger charge is -2.45. The van der Waals surface area contributed by atoms with Crippen LogP contribution < -0.4 is 0 Å². The van der Waals surface area contributed by atoms with E-state index < -0.39 is 5.54 Å². The van der Waals surface area contributed by atoms with Crippen molar-refractivity contribution in [2.45, 2.75) is 62.0 Å². The van der Waals surface area contributed by atoms with Crippen molar-refractivity contribution in [3.8, 4) is 0 Å². The Hall–Kier alpha value is -1.44. The number of carbonyl (C=O) groups is 2. The van der Waals surface area contributed by atoms with Gasteiger partial charge >= 0.3 is 5.97 Å². The Balaban J connectivity index is 1.63. The highest BCUT2D eigenvalue weighted by molar-refractivity contribution is 8.21. The number of hydrogen-bond acceptors (Lipinski definition) is 6. The molecule has 0 bridgehead atoms. The highest BCUT2D eigenvalue weighted by atomic mass is 32.2. The highest BCUT2D eigenvalue weighted by Gasteiger charge is 2.59. The fourth-order valence-corrected chi connectivity index (χ4v) is 8.54. The maximum absolute atomic E-state index is 13.7. The number of benzene rings is 1. The molecule has 0 N–H and O–H groups in total. The summed E-state index contributed by atoms with van der Waals surface area (Å²) in [6.45, 7) is 4.01. The molecule has 1 aromatic rings. The van der Waals surface area contributed by atoms with E-state index in [0.717, 1.165) is 55.2 Å². The van der Waals surface area contributed by atoms with Crippen molar-refractivity contribution in [2.75, 3.05) is 18.6 Å². The van der Waals surface area contributed by atoms with Gasteiger partial charge in [0.1, 0.15) is 11.3 Å². The Labute approximate surface area is 192 Å². The molecule has 166 valence electrons. The molecule has 2 spiro atoms. The lowest BCUT2D eigenvalue weighted by Crippen LogP contribution is -2.52. The first-order chi connectivity index (χ1) is 14.9. The summed E-state index contributed by atoms with van der Waals surface area (Å²) in [7, 11) is 1.55. The lowest BCUT2D eigenvalue weighted by molar-refractivity contribution is -0.202. The summed E-state index contributed by atoms with van der Waals surface area (Å²) in [4.78, 5) is 32.3. The van der Waals surface area contributed by atoms with Crippen LogP contribution in [0.1, 0.15) is 55.2 Å². The lowest BCUT2D eigenvalue weighted by atomic mass is 9.79. The van der Waals surface area contributed by atoms with Crippen LogP contribution in [-0.4, -0.2) is 45.2 Å². The van der Waals surface area contributed by atoms with Crippen LogP contribution in [-0.2, 0) is 19.2 Å². The summed E-state index contributed by atoms with van der Waals surface area (Å²) in [5, 5.41) is 1.51. The molecule has 0 unspecified atom stereocenters. The van der Waals surface area contributed by atoms with E-state index >= 15 is 0 Å². The van der Waals surface area contributed by atoms with Gasteiger partial charge in [0.15, 0.2) is 0 Å². The average molecular weight is 460 g/mol. The second kappa shape index (κ2) is 7.85. The topological polar surface area (TPSA) is 55.8 Å². The first kappa shape index (κ1) is 21.4. The Bertz CT molecular complexity index is 932. The number of nitrogens with zero attached hydrogens (tertiary/aromatic N) is 1. The van der Waals surface area contributed by atoms with Gasteiger partial charge < -0.3 is 4.74 Å². The molecule has 7 heteroatoms. The monoisotopic (exact) mass is 459 g/mol. The van der Waals surface area contributed by atoms with E-state index in [1.165, 1.54) is 16.6 Å². The van der Waals surface area contributed by atoms with Gasteiger partial charge in [-0.1, -0.05) is 18.2 Å².